The Kier molecular flexibility index (Phi) is 4.96. The highest BCUT2D eigenvalue weighted by Gasteiger charge is 2.59. The number of H-pyrrole nitrogens is 1. The van der Waals surface area contributed by atoms with Crippen LogP contribution < -0.4 is 10.2 Å². The lowest BCUT2D eigenvalue weighted by Gasteiger charge is -2.35. The van der Waals surface area contributed by atoms with Gasteiger partial charge in [0.2, 0.25) is 0 Å². The van der Waals surface area contributed by atoms with Crippen molar-refractivity contribution < 1.29 is 14.4 Å². The molecule has 0 saturated carbocycles. The summed E-state index contributed by atoms with van der Waals surface area (Å²) in [5.41, 5.74) is 3.94. The predicted octanol–water partition coefficient (Wildman–Crippen LogP) is 5.22. The largest absolute Gasteiger partial charge is 0.356 e. The number of aryl methyl sites for hydroxylation is 1. The predicted molar refractivity (Wildman–Crippen MR) is 139 cm³/mol. The normalized spacial score (nSPS) is 18.9. The molecule has 6 rings (SSSR count). The molecule has 0 spiro atoms. The molecule has 4 amide bonds. The van der Waals surface area contributed by atoms with Gasteiger partial charge in [-0.2, -0.15) is 0 Å². The SMILES string of the molecule is CCc1ccc(NC(=O)c2ccccc2N2C(=O)N3CCc4c([nH]c5ccccc45)[C@@]3(C)C2=O)cc1. The number of benzene rings is 3. The first-order chi connectivity index (χ1) is 17.4. The van der Waals surface area contributed by atoms with Crippen LogP contribution in [-0.4, -0.2) is 34.3 Å². The van der Waals surface area contributed by atoms with E-state index in [-0.39, 0.29) is 23.1 Å². The molecule has 2 aliphatic rings. The van der Waals surface area contributed by atoms with Crippen molar-refractivity contribution in [1.82, 2.24) is 9.88 Å². The van der Waals surface area contributed by atoms with Crippen molar-refractivity contribution in [3.8, 4) is 0 Å². The van der Waals surface area contributed by atoms with E-state index < -0.39 is 11.6 Å². The van der Waals surface area contributed by atoms with E-state index in [0.717, 1.165) is 33.5 Å². The molecule has 0 unspecified atom stereocenters. The number of nitrogens with one attached hydrogen (secondary N) is 2. The number of para-hydroxylation sites is 2. The zero-order valence-electron chi connectivity index (χ0n) is 20.2. The van der Waals surface area contributed by atoms with E-state index in [2.05, 4.69) is 17.2 Å². The molecule has 1 fully saturated rings. The van der Waals surface area contributed by atoms with Gasteiger partial charge in [-0.15, -0.1) is 0 Å². The molecule has 0 bridgehead atoms. The lowest BCUT2D eigenvalue weighted by Crippen LogP contribution is -2.49. The van der Waals surface area contributed by atoms with E-state index in [1.54, 1.807) is 36.1 Å². The maximum atomic E-state index is 14.0. The average Bonchev–Trinajstić information content (AvgIpc) is 3.38. The summed E-state index contributed by atoms with van der Waals surface area (Å²) in [5.74, 6) is -0.746. The van der Waals surface area contributed by atoms with E-state index >= 15 is 0 Å². The van der Waals surface area contributed by atoms with Crippen molar-refractivity contribution in [3.63, 3.8) is 0 Å². The third-order valence-corrected chi connectivity index (χ3v) is 7.48. The maximum Gasteiger partial charge on any atom is 0.332 e. The van der Waals surface area contributed by atoms with Gasteiger partial charge >= 0.3 is 6.03 Å². The van der Waals surface area contributed by atoms with Gasteiger partial charge in [-0.3, -0.25) is 9.59 Å². The van der Waals surface area contributed by atoms with E-state index in [1.165, 1.54) is 5.56 Å². The third kappa shape index (κ3) is 3.09. The fraction of sp³-hybridized carbons (Fsp3) is 0.207. The number of carbonyl (C=O) groups excluding carboxylic acids is 3. The summed E-state index contributed by atoms with van der Waals surface area (Å²) in [5, 5.41) is 3.97. The number of hydrogen-bond donors (Lipinski definition) is 2. The van der Waals surface area contributed by atoms with Crippen LogP contribution in [-0.2, 0) is 23.2 Å². The van der Waals surface area contributed by atoms with Crippen LogP contribution in [0, 0.1) is 0 Å². The van der Waals surface area contributed by atoms with Gasteiger partial charge in [-0.05, 0) is 61.2 Å². The Bertz CT molecular complexity index is 1540. The van der Waals surface area contributed by atoms with Crippen LogP contribution in [0.3, 0.4) is 0 Å². The molecule has 2 N–H and O–H groups in total. The lowest BCUT2D eigenvalue weighted by atomic mass is 9.87. The second kappa shape index (κ2) is 8.09. The van der Waals surface area contributed by atoms with Crippen molar-refractivity contribution in [1.29, 1.82) is 0 Å². The fourth-order valence-corrected chi connectivity index (χ4v) is 5.49. The summed E-state index contributed by atoms with van der Waals surface area (Å²) in [6.07, 6.45) is 1.56. The Balaban J connectivity index is 1.39. The van der Waals surface area contributed by atoms with E-state index in [1.807, 2.05) is 48.5 Å². The van der Waals surface area contributed by atoms with Crippen LogP contribution in [0.5, 0.6) is 0 Å². The number of aromatic nitrogens is 1. The van der Waals surface area contributed by atoms with Crippen molar-refractivity contribution in [2.45, 2.75) is 32.2 Å². The van der Waals surface area contributed by atoms with Crippen LogP contribution in [0.2, 0.25) is 0 Å². The molecule has 36 heavy (non-hydrogen) atoms. The first kappa shape index (κ1) is 22.1. The third-order valence-electron chi connectivity index (χ3n) is 7.48. The number of amides is 4. The Morgan fingerprint density at radius 2 is 1.72 bits per heavy atom. The van der Waals surface area contributed by atoms with Crippen molar-refractivity contribution in [2.24, 2.45) is 0 Å². The number of aromatic amines is 1. The van der Waals surface area contributed by atoms with Gasteiger partial charge in [-0.25, -0.2) is 9.69 Å². The van der Waals surface area contributed by atoms with Gasteiger partial charge in [0, 0.05) is 23.1 Å². The van der Waals surface area contributed by atoms with Gasteiger partial charge in [0.05, 0.1) is 16.9 Å². The molecule has 1 atom stereocenters. The lowest BCUT2D eigenvalue weighted by molar-refractivity contribution is -0.125. The highest BCUT2D eigenvalue weighted by molar-refractivity contribution is 6.26. The number of nitrogens with zero attached hydrogens (tertiary/aromatic N) is 2. The summed E-state index contributed by atoms with van der Waals surface area (Å²) < 4.78 is 0. The Morgan fingerprint density at radius 1 is 1.00 bits per heavy atom. The zero-order chi connectivity index (χ0) is 25.0. The van der Waals surface area contributed by atoms with Gasteiger partial charge in [-0.1, -0.05) is 49.4 Å². The van der Waals surface area contributed by atoms with Crippen molar-refractivity contribution in [2.75, 3.05) is 16.8 Å². The molecule has 2 aliphatic heterocycles. The second-order valence-corrected chi connectivity index (χ2v) is 9.44. The summed E-state index contributed by atoms with van der Waals surface area (Å²) in [6, 6.07) is 21.9. The smallest absolute Gasteiger partial charge is 0.332 e. The standard InChI is InChI=1S/C29H26N4O3/c1-3-18-12-14-19(15-13-18)30-26(34)22-9-5-7-11-24(22)33-27(35)29(2)25-21(16-17-32(29)28(33)36)20-8-4-6-10-23(20)31-25/h4-15,31H,3,16-17H2,1-2H3,(H,30,34)/t29-/m0/s1. The molecular formula is C29H26N4O3. The molecule has 7 nitrogen and oxygen atoms in total. The van der Waals surface area contributed by atoms with E-state index in [9.17, 15) is 14.4 Å². The topological polar surface area (TPSA) is 85.5 Å². The van der Waals surface area contributed by atoms with Crippen LogP contribution in [0.15, 0.2) is 72.8 Å². The quantitative estimate of drug-likeness (QED) is 0.394. The number of imide groups is 1. The maximum absolute atomic E-state index is 14.0. The first-order valence-electron chi connectivity index (χ1n) is 12.2. The minimum Gasteiger partial charge on any atom is -0.356 e. The highest BCUT2D eigenvalue weighted by Crippen LogP contribution is 2.45. The zero-order valence-corrected chi connectivity index (χ0v) is 20.2. The number of urea groups is 1. The Morgan fingerprint density at radius 3 is 2.50 bits per heavy atom. The molecule has 1 saturated heterocycles. The van der Waals surface area contributed by atoms with Gasteiger partial charge in [0.1, 0.15) is 0 Å². The summed E-state index contributed by atoms with van der Waals surface area (Å²) in [4.78, 5) is 47.2. The monoisotopic (exact) mass is 478 g/mol. The van der Waals surface area contributed by atoms with E-state index in [4.69, 9.17) is 0 Å². The molecule has 7 heteroatoms. The number of anilines is 2. The summed E-state index contributed by atoms with van der Waals surface area (Å²) in [6.45, 7) is 4.28. The molecular weight excluding hydrogens is 452 g/mol. The minimum absolute atomic E-state index is 0.263. The van der Waals surface area contributed by atoms with Gasteiger partial charge in [0.25, 0.3) is 11.8 Å². The fourth-order valence-electron chi connectivity index (χ4n) is 5.49. The average molecular weight is 479 g/mol. The van der Waals surface area contributed by atoms with E-state index in [0.29, 0.717) is 18.7 Å². The van der Waals surface area contributed by atoms with Crippen molar-refractivity contribution >= 4 is 40.1 Å². The minimum atomic E-state index is -1.18. The van der Waals surface area contributed by atoms with Crippen LogP contribution >= 0.6 is 0 Å². The van der Waals surface area contributed by atoms with Crippen LogP contribution in [0.25, 0.3) is 10.9 Å². The van der Waals surface area contributed by atoms with Gasteiger partial charge < -0.3 is 15.2 Å². The van der Waals surface area contributed by atoms with Crippen molar-refractivity contribution in [3.05, 3.63) is 95.2 Å². The number of carbonyl (C=O) groups is 3. The van der Waals surface area contributed by atoms with Gasteiger partial charge in [0.15, 0.2) is 5.54 Å². The molecule has 4 aromatic rings. The first-order valence-corrected chi connectivity index (χ1v) is 12.2. The molecule has 1 aromatic heterocycles. The number of rotatable bonds is 4. The number of fused-ring (bicyclic) bond motifs is 5. The molecule has 3 heterocycles. The summed E-state index contributed by atoms with van der Waals surface area (Å²) >= 11 is 0. The molecule has 3 aromatic carbocycles. The highest BCUT2D eigenvalue weighted by atomic mass is 16.2. The van der Waals surface area contributed by atoms with Crippen LogP contribution in [0.1, 0.15) is 41.0 Å². The molecule has 180 valence electrons. The molecule has 0 aliphatic carbocycles. The molecule has 0 radical (unpaired) electrons. The summed E-state index contributed by atoms with van der Waals surface area (Å²) in [7, 11) is 0. The second-order valence-electron chi connectivity index (χ2n) is 9.44. The Hall–Kier alpha value is -4.39. The van der Waals surface area contributed by atoms with Crippen LogP contribution in [0.4, 0.5) is 16.2 Å². The number of hydrogen-bond acceptors (Lipinski definition) is 3. The Labute approximate surface area is 208 Å².